The number of rotatable bonds is 7. The molecule has 1 amide bonds. The number of benzene rings is 1. The summed E-state index contributed by atoms with van der Waals surface area (Å²) in [5.74, 6) is 0. The number of nitrogens with one attached hydrogen (secondary N) is 2. The number of ether oxygens (including phenoxy) is 1. The van der Waals surface area contributed by atoms with Gasteiger partial charge in [0, 0.05) is 30.7 Å². The van der Waals surface area contributed by atoms with Gasteiger partial charge in [-0.05, 0) is 38.0 Å². The fourth-order valence-corrected chi connectivity index (χ4v) is 2.89. The predicted molar refractivity (Wildman–Crippen MR) is 98.3 cm³/mol. The number of aliphatic hydroxyl groups is 2. The molecular weight excluding hydrogens is 346 g/mol. The van der Waals surface area contributed by atoms with Gasteiger partial charge in [0.05, 0.1) is 30.7 Å². The Hall–Kier alpha value is -1.70. The standard InChI is InChI=1S/C17H26ClN3O4/c1-2-25-17(24)21-7-5-13(6-8-21)20-15-4-3-12(18)9-16(15)19-10-14(23)11-22/h3-4,9,13-14,19-20,22-23H,2,5-8,10-11H2,1H3. The summed E-state index contributed by atoms with van der Waals surface area (Å²) in [6.45, 7) is 3.41. The lowest BCUT2D eigenvalue weighted by Gasteiger charge is -2.32. The zero-order valence-electron chi connectivity index (χ0n) is 14.4. The first kappa shape index (κ1) is 19.6. The van der Waals surface area contributed by atoms with E-state index in [1.807, 2.05) is 6.07 Å². The van der Waals surface area contributed by atoms with Gasteiger partial charge in [-0.15, -0.1) is 0 Å². The molecule has 1 heterocycles. The molecule has 1 atom stereocenters. The number of nitrogens with zero attached hydrogens (tertiary/aromatic N) is 1. The van der Waals surface area contributed by atoms with Crippen molar-refractivity contribution in [1.82, 2.24) is 4.90 Å². The number of hydrogen-bond donors (Lipinski definition) is 4. The van der Waals surface area contributed by atoms with Crippen LogP contribution in [0.25, 0.3) is 0 Å². The molecule has 0 saturated carbocycles. The van der Waals surface area contributed by atoms with Gasteiger partial charge in [0.25, 0.3) is 0 Å². The van der Waals surface area contributed by atoms with Crippen LogP contribution in [0.3, 0.4) is 0 Å². The molecule has 1 aromatic rings. The topological polar surface area (TPSA) is 94.1 Å². The summed E-state index contributed by atoms with van der Waals surface area (Å²) in [4.78, 5) is 13.5. The molecule has 0 radical (unpaired) electrons. The minimum atomic E-state index is -0.834. The van der Waals surface area contributed by atoms with Crippen molar-refractivity contribution in [2.24, 2.45) is 0 Å². The predicted octanol–water partition coefficient (Wildman–Crippen LogP) is 2.14. The van der Waals surface area contributed by atoms with E-state index in [2.05, 4.69) is 10.6 Å². The highest BCUT2D eigenvalue weighted by atomic mass is 35.5. The minimum absolute atomic E-state index is 0.229. The van der Waals surface area contributed by atoms with Crippen molar-refractivity contribution in [1.29, 1.82) is 0 Å². The van der Waals surface area contributed by atoms with E-state index in [4.69, 9.17) is 21.4 Å². The third kappa shape index (κ3) is 5.95. The quantitative estimate of drug-likeness (QED) is 0.586. The maximum absolute atomic E-state index is 11.7. The fraction of sp³-hybridized carbons (Fsp3) is 0.588. The van der Waals surface area contributed by atoms with E-state index in [9.17, 15) is 9.90 Å². The molecule has 1 saturated heterocycles. The Bertz CT molecular complexity index is 565. The van der Waals surface area contributed by atoms with Crippen LogP contribution >= 0.6 is 11.6 Å². The van der Waals surface area contributed by atoms with Crippen LogP contribution < -0.4 is 10.6 Å². The molecule has 8 heteroatoms. The van der Waals surface area contributed by atoms with Crippen molar-refractivity contribution in [3.63, 3.8) is 0 Å². The van der Waals surface area contributed by atoms with Crippen LogP contribution in [0.2, 0.25) is 5.02 Å². The number of carbonyl (C=O) groups is 1. The molecule has 1 aliphatic rings. The number of likely N-dealkylation sites (tertiary alicyclic amines) is 1. The summed E-state index contributed by atoms with van der Waals surface area (Å²) in [6, 6.07) is 5.69. The summed E-state index contributed by atoms with van der Waals surface area (Å²) in [5.41, 5.74) is 1.65. The first-order valence-electron chi connectivity index (χ1n) is 8.54. The molecule has 0 bridgehead atoms. The van der Waals surface area contributed by atoms with Gasteiger partial charge in [0.15, 0.2) is 0 Å². The maximum atomic E-state index is 11.7. The van der Waals surface area contributed by atoms with E-state index in [0.717, 1.165) is 24.2 Å². The van der Waals surface area contributed by atoms with E-state index < -0.39 is 6.10 Å². The fourth-order valence-electron chi connectivity index (χ4n) is 2.72. The van der Waals surface area contributed by atoms with Gasteiger partial charge in [-0.2, -0.15) is 0 Å². The van der Waals surface area contributed by atoms with Crippen molar-refractivity contribution >= 4 is 29.1 Å². The highest BCUT2D eigenvalue weighted by molar-refractivity contribution is 6.31. The molecule has 2 rings (SSSR count). The molecule has 25 heavy (non-hydrogen) atoms. The van der Waals surface area contributed by atoms with E-state index >= 15 is 0 Å². The van der Waals surface area contributed by atoms with Crippen LogP contribution in [-0.4, -0.2) is 66.2 Å². The SMILES string of the molecule is CCOC(=O)N1CCC(Nc2ccc(Cl)cc2NCC(O)CO)CC1. The van der Waals surface area contributed by atoms with Crippen molar-refractivity contribution in [2.75, 3.05) is 43.5 Å². The Kier molecular flexibility index (Phi) is 7.61. The van der Waals surface area contributed by atoms with Gasteiger partial charge in [-0.25, -0.2) is 4.79 Å². The first-order valence-corrected chi connectivity index (χ1v) is 8.91. The molecule has 0 aliphatic carbocycles. The van der Waals surface area contributed by atoms with Crippen molar-refractivity contribution in [3.05, 3.63) is 23.2 Å². The lowest BCUT2D eigenvalue weighted by molar-refractivity contribution is 0.0983. The largest absolute Gasteiger partial charge is 0.450 e. The molecule has 1 aliphatic heterocycles. The number of hydrogen-bond acceptors (Lipinski definition) is 6. The van der Waals surface area contributed by atoms with Gasteiger partial charge in [0.1, 0.15) is 0 Å². The maximum Gasteiger partial charge on any atom is 0.409 e. The van der Waals surface area contributed by atoms with Crippen LogP contribution in [0.15, 0.2) is 18.2 Å². The van der Waals surface area contributed by atoms with Crippen LogP contribution in [0.1, 0.15) is 19.8 Å². The van der Waals surface area contributed by atoms with Gasteiger partial charge >= 0.3 is 6.09 Å². The second-order valence-electron chi connectivity index (χ2n) is 6.01. The molecule has 4 N–H and O–H groups in total. The molecule has 1 aromatic carbocycles. The molecular formula is C17H26ClN3O4. The summed E-state index contributed by atoms with van der Waals surface area (Å²) in [7, 11) is 0. The van der Waals surface area contributed by atoms with Crippen LogP contribution in [0.5, 0.6) is 0 Å². The van der Waals surface area contributed by atoms with E-state index in [1.165, 1.54) is 0 Å². The monoisotopic (exact) mass is 371 g/mol. The van der Waals surface area contributed by atoms with Crippen LogP contribution in [-0.2, 0) is 4.74 Å². The zero-order valence-corrected chi connectivity index (χ0v) is 15.1. The van der Waals surface area contributed by atoms with E-state index in [-0.39, 0.29) is 25.3 Å². The minimum Gasteiger partial charge on any atom is -0.450 e. The van der Waals surface area contributed by atoms with E-state index in [1.54, 1.807) is 24.0 Å². The van der Waals surface area contributed by atoms with Gasteiger partial charge < -0.3 is 30.5 Å². The normalized spacial score (nSPS) is 16.4. The highest BCUT2D eigenvalue weighted by Gasteiger charge is 2.24. The van der Waals surface area contributed by atoms with Gasteiger partial charge in [-0.1, -0.05) is 11.6 Å². The molecule has 140 valence electrons. The lowest BCUT2D eigenvalue weighted by Crippen LogP contribution is -2.42. The average Bonchev–Trinajstić information content (AvgIpc) is 2.62. The molecule has 7 nitrogen and oxygen atoms in total. The second-order valence-corrected chi connectivity index (χ2v) is 6.45. The summed E-state index contributed by atoms with van der Waals surface area (Å²) in [5, 5.41) is 25.6. The number of amides is 1. The number of carbonyl (C=O) groups excluding carboxylic acids is 1. The van der Waals surface area contributed by atoms with Gasteiger partial charge in [0.2, 0.25) is 0 Å². The number of anilines is 2. The number of halogens is 1. The smallest absolute Gasteiger partial charge is 0.409 e. The Balaban J connectivity index is 1.93. The first-order chi connectivity index (χ1) is 12.0. The summed E-state index contributed by atoms with van der Waals surface area (Å²) < 4.78 is 5.03. The Labute approximate surface area is 152 Å². The Morgan fingerprint density at radius 3 is 2.76 bits per heavy atom. The number of aliphatic hydroxyl groups excluding tert-OH is 2. The highest BCUT2D eigenvalue weighted by Crippen LogP contribution is 2.28. The molecule has 0 spiro atoms. The van der Waals surface area contributed by atoms with Crippen LogP contribution in [0, 0.1) is 0 Å². The summed E-state index contributed by atoms with van der Waals surface area (Å²) in [6.07, 6.45) is 0.549. The zero-order chi connectivity index (χ0) is 18.2. The van der Waals surface area contributed by atoms with Crippen LogP contribution in [0.4, 0.5) is 16.2 Å². The van der Waals surface area contributed by atoms with Crippen molar-refractivity contribution in [2.45, 2.75) is 31.9 Å². The second kappa shape index (κ2) is 9.70. The molecule has 1 unspecified atom stereocenters. The Morgan fingerprint density at radius 2 is 2.12 bits per heavy atom. The lowest BCUT2D eigenvalue weighted by atomic mass is 10.0. The summed E-state index contributed by atoms with van der Waals surface area (Å²) >= 11 is 6.05. The third-order valence-electron chi connectivity index (χ3n) is 4.10. The molecule has 1 fully saturated rings. The third-order valence-corrected chi connectivity index (χ3v) is 4.34. The Morgan fingerprint density at radius 1 is 1.40 bits per heavy atom. The van der Waals surface area contributed by atoms with Crippen molar-refractivity contribution in [3.8, 4) is 0 Å². The molecule has 0 aromatic heterocycles. The average molecular weight is 372 g/mol. The van der Waals surface area contributed by atoms with E-state index in [0.29, 0.717) is 24.7 Å². The van der Waals surface area contributed by atoms with Crippen molar-refractivity contribution < 1.29 is 19.7 Å². The van der Waals surface area contributed by atoms with Gasteiger partial charge in [-0.3, -0.25) is 0 Å². The number of piperidine rings is 1.